The molecule has 1 amide bonds. The number of hydrogen-bond acceptors (Lipinski definition) is 2. The molecule has 0 atom stereocenters. The Hall–Kier alpha value is -1.56. The quantitative estimate of drug-likeness (QED) is 0.683. The second-order valence-electron chi connectivity index (χ2n) is 3.78. The van der Waals surface area contributed by atoms with Crippen molar-refractivity contribution < 1.29 is 18.0 Å². The van der Waals surface area contributed by atoms with E-state index in [0.29, 0.717) is 18.5 Å². The van der Waals surface area contributed by atoms with Crippen LogP contribution in [0.15, 0.2) is 18.2 Å². The minimum absolute atomic E-state index is 0.153. The number of amides is 1. The molecule has 0 spiro atoms. The number of carbonyl (C=O) groups excluding carboxylic acids is 1. The summed E-state index contributed by atoms with van der Waals surface area (Å²) in [7, 11) is 0. The van der Waals surface area contributed by atoms with Crippen LogP contribution in [0.1, 0.15) is 24.6 Å². The molecule has 7 heteroatoms. The van der Waals surface area contributed by atoms with Crippen LogP contribution in [0, 0.1) is 0 Å². The van der Waals surface area contributed by atoms with Crippen molar-refractivity contribution in [2.45, 2.75) is 19.5 Å². The highest BCUT2D eigenvalue weighted by molar-refractivity contribution is 6.29. The van der Waals surface area contributed by atoms with Gasteiger partial charge in [0.1, 0.15) is 10.8 Å². The normalized spacial score (nSPS) is 11.8. The third-order valence-corrected chi connectivity index (χ3v) is 2.30. The van der Waals surface area contributed by atoms with E-state index in [2.05, 4.69) is 10.3 Å². The number of pyridine rings is 1. The standard InChI is InChI=1S/C12H12ClF3N2O/c1-8(19)17-5-3-2-4-9-6-10(12(14,15)16)18-11(13)7-9/h2,4,6-7H,3,5H2,1H3,(H,17,19). The van der Waals surface area contributed by atoms with E-state index < -0.39 is 11.9 Å². The Bertz CT molecular complexity index is 486. The molecule has 104 valence electrons. The summed E-state index contributed by atoms with van der Waals surface area (Å²) in [4.78, 5) is 13.8. The fourth-order valence-corrected chi connectivity index (χ4v) is 1.53. The number of nitrogens with one attached hydrogen (secondary N) is 1. The van der Waals surface area contributed by atoms with Crippen LogP contribution in [0.4, 0.5) is 13.2 Å². The summed E-state index contributed by atoms with van der Waals surface area (Å²) in [6.07, 6.45) is -0.850. The van der Waals surface area contributed by atoms with Gasteiger partial charge in [0.25, 0.3) is 0 Å². The number of hydrogen-bond donors (Lipinski definition) is 1. The predicted octanol–water partition coefficient (Wildman–Crippen LogP) is 3.29. The molecule has 3 nitrogen and oxygen atoms in total. The number of nitrogens with zero attached hydrogens (tertiary/aromatic N) is 1. The van der Waals surface area contributed by atoms with E-state index in [0.717, 1.165) is 6.07 Å². The molecule has 1 heterocycles. The molecule has 1 rings (SSSR count). The van der Waals surface area contributed by atoms with Crippen molar-refractivity contribution in [3.63, 3.8) is 0 Å². The van der Waals surface area contributed by atoms with Gasteiger partial charge in [0.2, 0.25) is 5.91 Å². The minimum atomic E-state index is -4.52. The summed E-state index contributed by atoms with van der Waals surface area (Å²) in [6, 6.07) is 2.26. The van der Waals surface area contributed by atoms with Gasteiger partial charge in [-0.2, -0.15) is 13.2 Å². The van der Waals surface area contributed by atoms with E-state index in [1.165, 1.54) is 19.1 Å². The average Bonchev–Trinajstić information content (AvgIpc) is 2.26. The van der Waals surface area contributed by atoms with Crippen LogP contribution in [-0.4, -0.2) is 17.4 Å². The molecule has 0 aliphatic carbocycles. The summed E-state index contributed by atoms with van der Waals surface area (Å²) in [5.41, 5.74) is -0.711. The Morgan fingerprint density at radius 1 is 1.47 bits per heavy atom. The fourth-order valence-electron chi connectivity index (χ4n) is 1.31. The lowest BCUT2D eigenvalue weighted by atomic mass is 10.2. The van der Waals surface area contributed by atoms with Gasteiger partial charge in [-0.3, -0.25) is 4.79 Å². The second kappa shape index (κ2) is 6.56. The van der Waals surface area contributed by atoms with Crippen LogP contribution in [0.5, 0.6) is 0 Å². The average molecular weight is 293 g/mol. The molecular weight excluding hydrogens is 281 g/mol. The van der Waals surface area contributed by atoms with Gasteiger partial charge < -0.3 is 5.32 Å². The molecule has 0 unspecified atom stereocenters. The molecule has 0 aromatic carbocycles. The molecule has 0 aliphatic rings. The maximum absolute atomic E-state index is 12.5. The van der Waals surface area contributed by atoms with E-state index in [9.17, 15) is 18.0 Å². The van der Waals surface area contributed by atoms with Gasteiger partial charge in [-0.15, -0.1) is 0 Å². The lowest BCUT2D eigenvalue weighted by molar-refractivity contribution is -0.141. The largest absolute Gasteiger partial charge is 0.433 e. The van der Waals surface area contributed by atoms with Gasteiger partial charge in [0.15, 0.2) is 0 Å². The smallest absolute Gasteiger partial charge is 0.356 e. The zero-order valence-corrected chi connectivity index (χ0v) is 10.8. The Balaban J connectivity index is 2.71. The maximum atomic E-state index is 12.5. The number of rotatable bonds is 4. The van der Waals surface area contributed by atoms with Crippen molar-refractivity contribution in [3.8, 4) is 0 Å². The van der Waals surface area contributed by atoms with Gasteiger partial charge in [0, 0.05) is 13.5 Å². The first-order chi connectivity index (χ1) is 8.79. The van der Waals surface area contributed by atoms with Crippen LogP contribution >= 0.6 is 11.6 Å². The highest BCUT2D eigenvalue weighted by Crippen LogP contribution is 2.29. The van der Waals surface area contributed by atoms with Gasteiger partial charge in [0.05, 0.1) is 0 Å². The van der Waals surface area contributed by atoms with Crippen molar-refractivity contribution in [1.29, 1.82) is 0 Å². The zero-order chi connectivity index (χ0) is 14.5. The number of carbonyl (C=O) groups is 1. The van der Waals surface area contributed by atoms with E-state index in [1.807, 2.05) is 0 Å². The van der Waals surface area contributed by atoms with Crippen LogP contribution in [0.2, 0.25) is 5.15 Å². The Labute approximate surface area is 113 Å². The number of alkyl halides is 3. The third-order valence-electron chi connectivity index (χ3n) is 2.10. The summed E-state index contributed by atoms with van der Waals surface area (Å²) < 4.78 is 37.5. The predicted molar refractivity (Wildman–Crippen MR) is 66.6 cm³/mol. The molecule has 19 heavy (non-hydrogen) atoms. The Morgan fingerprint density at radius 2 is 2.16 bits per heavy atom. The minimum Gasteiger partial charge on any atom is -0.356 e. The van der Waals surface area contributed by atoms with Gasteiger partial charge in [-0.05, 0) is 24.1 Å². The number of halogens is 4. The van der Waals surface area contributed by atoms with Crippen LogP contribution in [-0.2, 0) is 11.0 Å². The molecule has 0 fully saturated rings. The summed E-state index contributed by atoms with van der Waals surface area (Å²) in [6.45, 7) is 1.82. The summed E-state index contributed by atoms with van der Waals surface area (Å²) >= 11 is 5.54. The second-order valence-corrected chi connectivity index (χ2v) is 4.17. The molecule has 1 aromatic heterocycles. The Morgan fingerprint density at radius 3 is 2.74 bits per heavy atom. The topological polar surface area (TPSA) is 42.0 Å². The van der Waals surface area contributed by atoms with Crippen molar-refractivity contribution >= 4 is 23.6 Å². The van der Waals surface area contributed by atoms with E-state index >= 15 is 0 Å². The molecule has 0 saturated heterocycles. The highest BCUT2D eigenvalue weighted by Gasteiger charge is 2.32. The van der Waals surface area contributed by atoms with Gasteiger partial charge in [-0.1, -0.05) is 23.8 Å². The van der Waals surface area contributed by atoms with Crippen LogP contribution in [0.25, 0.3) is 6.08 Å². The first-order valence-corrected chi connectivity index (χ1v) is 5.82. The van der Waals surface area contributed by atoms with E-state index in [4.69, 9.17) is 11.6 Å². The lowest BCUT2D eigenvalue weighted by Crippen LogP contribution is -2.20. The maximum Gasteiger partial charge on any atom is 0.433 e. The molecule has 1 aromatic rings. The van der Waals surface area contributed by atoms with E-state index in [-0.39, 0.29) is 11.1 Å². The van der Waals surface area contributed by atoms with Gasteiger partial charge in [-0.25, -0.2) is 4.98 Å². The van der Waals surface area contributed by atoms with Crippen LogP contribution in [0.3, 0.4) is 0 Å². The van der Waals surface area contributed by atoms with Crippen LogP contribution < -0.4 is 5.32 Å². The molecule has 0 saturated carbocycles. The molecule has 0 radical (unpaired) electrons. The lowest BCUT2D eigenvalue weighted by Gasteiger charge is -2.06. The van der Waals surface area contributed by atoms with Crippen molar-refractivity contribution in [2.24, 2.45) is 0 Å². The first-order valence-electron chi connectivity index (χ1n) is 5.45. The zero-order valence-electron chi connectivity index (χ0n) is 10.1. The molecule has 1 N–H and O–H groups in total. The van der Waals surface area contributed by atoms with Crippen molar-refractivity contribution in [3.05, 3.63) is 34.6 Å². The molecule has 0 bridgehead atoms. The highest BCUT2D eigenvalue weighted by atomic mass is 35.5. The third kappa shape index (κ3) is 5.74. The molecular formula is C12H12ClF3N2O. The number of aromatic nitrogens is 1. The molecule has 0 aliphatic heterocycles. The van der Waals surface area contributed by atoms with E-state index in [1.54, 1.807) is 6.08 Å². The monoisotopic (exact) mass is 292 g/mol. The SMILES string of the molecule is CC(=O)NCCC=Cc1cc(Cl)nc(C(F)(F)F)c1. The van der Waals surface area contributed by atoms with Crippen molar-refractivity contribution in [2.75, 3.05) is 6.54 Å². The summed E-state index contributed by atoms with van der Waals surface area (Å²) in [5.74, 6) is -0.153. The fraction of sp³-hybridized carbons (Fsp3) is 0.333. The van der Waals surface area contributed by atoms with Gasteiger partial charge >= 0.3 is 6.18 Å². The first kappa shape index (κ1) is 15.5. The van der Waals surface area contributed by atoms with Crippen molar-refractivity contribution in [1.82, 2.24) is 10.3 Å². The summed E-state index contributed by atoms with van der Waals surface area (Å²) in [5, 5.41) is 2.36. The Kier molecular flexibility index (Phi) is 5.35.